The Morgan fingerprint density at radius 3 is 2.94 bits per heavy atom. The van der Waals surface area contributed by atoms with Crippen molar-refractivity contribution in [2.45, 2.75) is 25.8 Å². The first-order valence-electron chi connectivity index (χ1n) is 5.35. The fourth-order valence-corrected chi connectivity index (χ4v) is 1.43. The van der Waals surface area contributed by atoms with Crippen LogP contribution in [0.5, 0.6) is 0 Å². The number of aryl methyl sites for hydroxylation is 1. The second-order valence-electron chi connectivity index (χ2n) is 3.74. The minimum absolute atomic E-state index is 0.00379. The Labute approximate surface area is 99.3 Å². The quantitative estimate of drug-likeness (QED) is 0.292. The van der Waals surface area contributed by atoms with E-state index in [0.717, 1.165) is 6.42 Å². The van der Waals surface area contributed by atoms with E-state index in [1.54, 1.807) is 13.2 Å². The van der Waals surface area contributed by atoms with E-state index < -0.39 is 6.04 Å². The summed E-state index contributed by atoms with van der Waals surface area (Å²) in [6.07, 6.45) is 4.49. The maximum absolute atomic E-state index is 11.8. The van der Waals surface area contributed by atoms with Crippen LogP contribution in [-0.4, -0.2) is 32.8 Å². The number of nitrogens with zero attached hydrogens (tertiary/aromatic N) is 3. The zero-order valence-corrected chi connectivity index (χ0v) is 9.92. The molecule has 1 aromatic rings. The van der Waals surface area contributed by atoms with Gasteiger partial charge in [-0.25, -0.2) is 0 Å². The second-order valence-corrected chi connectivity index (χ2v) is 3.74. The lowest BCUT2D eigenvalue weighted by Crippen LogP contribution is -2.44. The van der Waals surface area contributed by atoms with Gasteiger partial charge in [-0.2, -0.15) is 5.10 Å². The smallest absolute Gasteiger partial charge is 0.255 e. The fourth-order valence-electron chi connectivity index (χ4n) is 1.43. The van der Waals surface area contributed by atoms with Crippen molar-refractivity contribution >= 4 is 11.7 Å². The number of aromatic nitrogens is 2. The average Bonchev–Trinajstić information content (AvgIpc) is 2.74. The molecule has 0 saturated heterocycles. The van der Waals surface area contributed by atoms with Crippen LogP contribution in [0.25, 0.3) is 0 Å². The molecule has 1 heterocycles. The third-order valence-corrected chi connectivity index (χ3v) is 2.32. The van der Waals surface area contributed by atoms with Crippen LogP contribution in [0.3, 0.4) is 0 Å². The maximum atomic E-state index is 11.8. The SMILES string of the molecule is CCCC(NC(=O)c1cnn(C)c1)/C(N)=N/O. The molecule has 0 aliphatic heterocycles. The van der Waals surface area contributed by atoms with Crippen LogP contribution in [0.2, 0.25) is 0 Å². The van der Waals surface area contributed by atoms with E-state index >= 15 is 0 Å². The molecule has 7 nitrogen and oxygen atoms in total. The first-order chi connectivity index (χ1) is 8.08. The number of amides is 1. The van der Waals surface area contributed by atoms with Crippen molar-refractivity contribution in [2.75, 3.05) is 0 Å². The van der Waals surface area contributed by atoms with Crippen LogP contribution >= 0.6 is 0 Å². The van der Waals surface area contributed by atoms with Gasteiger partial charge in [0.2, 0.25) is 0 Å². The lowest BCUT2D eigenvalue weighted by molar-refractivity contribution is 0.0945. The van der Waals surface area contributed by atoms with Crippen molar-refractivity contribution in [1.82, 2.24) is 15.1 Å². The zero-order chi connectivity index (χ0) is 12.8. The molecule has 7 heteroatoms. The number of carbonyl (C=O) groups excluding carboxylic acids is 1. The fraction of sp³-hybridized carbons (Fsp3) is 0.500. The Kier molecular flexibility index (Phi) is 4.50. The summed E-state index contributed by atoms with van der Waals surface area (Å²) in [5, 5.41) is 18.1. The van der Waals surface area contributed by atoms with Crippen molar-refractivity contribution in [3.8, 4) is 0 Å². The number of oxime groups is 1. The van der Waals surface area contributed by atoms with E-state index in [2.05, 4.69) is 15.6 Å². The summed E-state index contributed by atoms with van der Waals surface area (Å²) in [4.78, 5) is 11.8. The number of carbonyl (C=O) groups is 1. The minimum Gasteiger partial charge on any atom is -0.409 e. The summed E-state index contributed by atoms with van der Waals surface area (Å²) in [6, 6.07) is -0.460. The van der Waals surface area contributed by atoms with Crippen molar-refractivity contribution in [3.63, 3.8) is 0 Å². The second kappa shape index (κ2) is 5.88. The highest BCUT2D eigenvalue weighted by Gasteiger charge is 2.17. The molecule has 1 atom stereocenters. The third-order valence-electron chi connectivity index (χ3n) is 2.32. The van der Waals surface area contributed by atoms with E-state index in [4.69, 9.17) is 10.9 Å². The van der Waals surface area contributed by atoms with Gasteiger partial charge in [0.05, 0.1) is 17.8 Å². The largest absolute Gasteiger partial charge is 0.409 e. The monoisotopic (exact) mass is 239 g/mol. The van der Waals surface area contributed by atoms with E-state index in [9.17, 15) is 4.79 Å². The van der Waals surface area contributed by atoms with Crippen LogP contribution < -0.4 is 11.1 Å². The molecule has 17 heavy (non-hydrogen) atoms. The Morgan fingerprint density at radius 2 is 2.47 bits per heavy atom. The van der Waals surface area contributed by atoms with Gasteiger partial charge in [-0.3, -0.25) is 9.48 Å². The molecule has 1 aromatic heterocycles. The first kappa shape index (κ1) is 13.0. The molecular formula is C10H17N5O2. The van der Waals surface area contributed by atoms with E-state index in [-0.39, 0.29) is 11.7 Å². The van der Waals surface area contributed by atoms with Gasteiger partial charge < -0.3 is 16.3 Å². The number of hydrogen-bond donors (Lipinski definition) is 3. The van der Waals surface area contributed by atoms with Crippen LogP contribution in [0, 0.1) is 0 Å². The molecule has 0 radical (unpaired) electrons. The molecule has 1 rings (SSSR count). The zero-order valence-electron chi connectivity index (χ0n) is 9.92. The minimum atomic E-state index is -0.460. The molecule has 1 unspecified atom stereocenters. The van der Waals surface area contributed by atoms with Crippen LogP contribution in [0.15, 0.2) is 17.5 Å². The molecule has 0 spiro atoms. The molecular weight excluding hydrogens is 222 g/mol. The Hall–Kier alpha value is -2.05. The van der Waals surface area contributed by atoms with Gasteiger partial charge in [0, 0.05) is 13.2 Å². The third kappa shape index (κ3) is 3.47. The van der Waals surface area contributed by atoms with Gasteiger partial charge in [-0.05, 0) is 6.42 Å². The van der Waals surface area contributed by atoms with Crippen molar-refractivity contribution < 1.29 is 10.0 Å². The lowest BCUT2D eigenvalue weighted by atomic mass is 10.1. The van der Waals surface area contributed by atoms with Gasteiger partial charge in [0.1, 0.15) is 0 Å². The Balaban J connectivity index is 2.70. The average molecular weight is 239 g/mol. The highest BCUT2D eigenvalue weighted by molar-refractivity contribution is 5.97. The normalized spacial score (nSPS) is 13.4. The predicted octanol–water partition coefficient (Wildman–Crippen LogP) is 0.0650. The van der Waals surface area contributed by atoms with Gasteiger partial charge in [0.15, 0.2) is 5.84 Å². The van der Waals surface area contributed by atoms with E-state index in [0.29, 0.717) is 12.0 Å². The Morgan fingerprint density at radius 1 is 1.76 bits per heavy atom. The molecule has 4 N–H and O–H groups in total. The summed E-state index contributed by atoms with van der Waals surface area (Å²) < 4.78 is 1.53. The number of rotatable bonds is 5. The molecule has 0 bridgehead atoms. The van der Waals surface area contributed by atoms with Crippen molar-refractivity contribution in [2.24, 2.45) is 17.9 Å². The highest BCUT2D eigenvalue weighted by Crippen LogP contribution is 2.01. The maximum Gasteiger partial charge on any atom is 0.255 e. The molecule has 0 saturated carbocycles. The van der Waals surface area contributed by atoms with Crippen molar-refractivity contribution in [1.29, 1.82) is 0 Å². The summed E-state index contributed by atoms with van der Waals surface area (Å²) in [5.41, 5.74) is 5.94. The first-order valence-corrected chi connectivity index (χ1v) is 5.35. The molecule has 0 aromatic carbocycles. The number of amidine groups is 1. The number of hydrogen-bond acceptors (Lipinski definition) is 4. The predicted molar refractivity (Wildman–Crippen MR) is 62.8 cm³/mol. The van der Waals surface area contributed by atoms with Gasteiger partial charge in [-0.15, -0.1) is 0 Å². The Bertz CT molecular complexity index is 413. The summed E-state index contributed by atoms with van der Waals surface area (Å²) in [5.74, 6) is -0.285. The van der Waals surface area contributed by atoms with Crippen LogP contribution in [0.4, 0.5) is 0 Å². The molecule has 1 amide bonds. The summed E-state index contributed by atoms with van der Waals surface area (Å²) in [7, 11) is 1.73. The molecule has 0 fully saturated rings. The topological polar surface area (TPSA) is 106 Å². The van der Waals surface area contributed by atoms with Gasteiger partial charge in [0.25, 0.3) is 5.91 Å². The van der Waals surface area contributed by atoms with E-state index in [1.807, 2.05) is 6.92 Å². The molecule has 94 valence electrons. The number of nitrogens with two attached hydrogens (primary N) is 1. The highest BCUT2D eigenvalue weighted by atomic mass is 16.4. The van der Waals surface area contributed by atoms with Crippen LogP contribution in [-0.2, 0) is 7.05 Å². The van der Waals surface area contributed by atoms with Crippen molar-refractivity contribution in [3.05, 3.63) is 18.0 Å². The summed E-state index contributed by atoms with van der Waals surface area (Å²) in [6.45, 7) is 1.95. The molecule has 0 aliphatic rings. The van der Waals surface area contributed by atoms with Gasteiger partial charge >= 0.3 is 0 Å². The van der Waals surface area contributed by atoms with E-state index in [1.165, 1.54) is 10.9 Å². The standard InChI is InChI=1S/C10H17N5O2/c1-3-4-8(9(11)14-17)13-10(16)7-5-12-15(2)6-7/h5-6,8,17H,3-4H2,1-2H3,(H2,11,14)(H,13,16). The van der Waals surface area contributed by atoms with Gasteiger partial charge in [-0.1, -0.05) is 18.5 Å². The van der Waals surface area contributed by atoms with Crippen LogP contribution in [0.1, 0.15) is 30.1 Å². The number of nitrogens with one attached hydrogen (secondary N) is 1. The lowest BCUT2D eigenvalue weighted by Gasteiger charge is -2.15. The summed E-state index contributed by atoms with van der Waals surface area (Å²) >= 11 is 0. The molecule has 0 aliphatic carbocycles.